The van der Waals surface area contributed by atoms with Gasteiger partial charge in [0.05, 0.1) is 0 Å². The molecular formula is H5O8P3. The Morgan fingerprint density at radius 3 is 0.818 bits per heavy atom. The van der Waals surface area contributed by atoms with Crippen molar-refractivity contribution in [1.29, 1.82) is 0 Å². The molecule has 0 radical (unpaired) electrons. The van der Waals surface area contributed by atoms with Crippen molar-refractivity contribution in [3.8, 4) is 0 Å². The monoisotopic (exact) mass is 226 g/mol. The van der Waals surface area contributed by atoms with E-state index < -0.39 is 21.3 Å². The number of hydrogen-bond donors (Lipinski definition) is 5. The van der Waals surface area contributed by atoms with Crippen LogP contribution in [0.1, 0.15) is 0 Å². The molecule has 0 aromatic carbocycles. The predicted molar refractivity (Wildman–Crippen MR) is 33.9 cm³/mol. The highest BCUT2D eigenvalue weighted by atomic mass is 32.5. The molecule has 0 rings (SSSR count). The Labute approximate surface area is 60.4 Å². The van der Waals surface area contributed by atoms with Crippen molar-refractivity contribution < 1.29 is 38.2 Å². The Kier molecular flexibility index (Phi) is 2.89. The minimum Gasteiger partial charge on any atom is -0.328 e. The van der Waals surface area contributed by atoms with E-state index in [1.165, 1.54) is 0 Å². The third kappa shape index (κ3) is 2.21. The first-order chi connectivity index (χ1) is 4.50. The third-order valence-corrected chi connectivity index (χ3v) is 10.3. The second-order valence-electron chi connectivity index (χ2n) is 1.54. The summed E-state index contributed by atoms with van der Waals surface area (Å²) in [6.07, 6.45) is 0. The molecule has 0 bridgehead atoms. The standard InChI is InChI=1S/H5O8P3/c1-9(2,3)11(7,8)10(4,5)6/h(H,7,8)(H2,1,2,3)(H2,4,5,6). The SMILES string of the molecule is O=P(O)(O)P(=O)(O)P(=O)(O)O. The lowest BCUT2D eigenvalue weighted by Gasteiger charge is -2.12. The van der Waals surface area contributed by atoms with Crippen LogP contribution in [-0.2, 0) is 13.7 Å². The summed E-state index contributed by atoms with van der Waals surface area (Å²) < 4.78 is 30.3. The van der Waals surface area contributed by atoms with E-state index in [1.807, 2.05) is 0 Å². The largest absolute Gasteiger partial charge is 0.419 e. The van der Waals surface area contributed by atoms with E-state index in [2.05, 4.69) is 0 Å². The minimum absolute atomic E-state index is 5.64. The summed E-state index contributed by atoms with van der Waals surface area (Å²) in [5, 5.41) is 0. The van der Waals surface area contributed by atoms with Crippen LogP contribution in [0.5, 0.6) is 0 Å². The molecule has 0 aliphatic carbocycles. The Balaban J connectivity index is 5.28. The van der Waals surface area contributed by atoms with Gasteiger partial charge in [0.15, 0.2) is 0 Å². The van der Waals surface area contributed by atoms with Gasteiger partial charge in [-0.25, -0.2) is 9.13 Å². The van der Waals surface area contributed by atoms with E-state index >= 15 is 0 Å². The topological polar surface area (TPSA) is 152 Å². The number of hydrogen-bond acceptors (Lipinski definition) is 3. The van der Waals surface area contributed by atoms with Gasteiger partial charge in [0.1, 0.15) is 0 Å². The highest BCUT2D eigenvalue weighted by molar-refractivity contribution is 8.59. The van der Waals surface area contributed by atoms with Gasteiger partial charge in [-0.05, 0) is 0 Å². The van der Waals surface area contributed by atoms with Crippen LogP contribution in [0.3, 0.4) is 0 Å². The van der Waals surface area contributed by atoms with E-state index in [9.17, 15) is 13.7 Å². The van der Waals surface area contributed by atoms with Gasteiger partial charge in [0, 0.05) is 0 Å². The molecule has 0 atom stereocenters. The highest BCUT2D eigenvalue weighted by Gasteiger charge is 2.55. The summed E-state index contributed by atoms with van der Waals surface area (Å²) in [5.41, 5.74) is 0. The van der Waals surface area contributed by atoms with Gasteiger partial charge >= 0.3 is 21.3 Å². The molecule has 0 aliphatic heterocycles. The molecule has 0 saturated heterocycles. The maximum Gasteiger partial charge on any atom is 0.419 e. The average molecular weight is 226 g/mol. The van der Waals surface area contributed by atoms with Crippen molar-refractivity contribution in [2.45, 2.75) is 0 Å². The first-order valence-electron chi connectivity index (χ1n) is 1.95. The Morgan fingerprint density at radius 2 is 0.818 bits per heavy atom. The highest BCUT2D eigenvalue weighted by Crippen LogP contribution is 2.92. The molecule has 0 aromatic heterocycles. The van der Waals surface area contributed by atoms with Gasteiger partial charge in [-0.3, -0.25) is 4.57 Å². The van der Waals surface area contributed by atoms with Crippen molar-refractivity contribution >= 4 is 21.3 Å². The second kappa shape index (κ2) is 2.76. The van der Waals surface area contributed by atoms with E-state index in [1.54, 1.807) is 0 Å². The molecule has 5 N–H and O–H groups in total. The summed E-state index contributed by atoms with van der Waals surface area (Å²) >= 11 is 0. The third-order valence-electron chi connectivity index (χ3n) is 0.679. The normalized spacial score (nSPS) is 15.0. The van der Waals surface area contributed by atoms with Crippen molar-refractivity contribution in [2.75, 3.05) is 0 Å². The minimum atomic E-state index is -5.73. The Bertz CT molecular complexity index is 248. The van der Waals surface area contributed by atoms with Crippen molar-refractivity contribution in [3.63, 3.8) is 0 Å². The average Bonchev–Trinajstić information content (AvgIpc) is 1.58. The van der Waals surface area contributed by atoms with Gasteiger partial charge < -0.3 is 24.5 Å². The van der Waals surface area contributed by atoms with Crippen LogP contribution < -0.4 is 0 Å². The maximum atomic E-state index is 10.3. The first kappa shape index (κ1) is 11.5. The summed E-state index contributed by atoms with van der Waals surface area (Å²) in [4.78, 5) is 40.2. The lowest BCUT2D eigenvalue weighted by atomic mass is 15.8. The van der Waals surface area contributed by atoms with E-state index in [4.69, 9.17) is 24.5 Å². The van der Waals surface area contributed by atoms with Crippen LogP contribution >= 0.6 is 21.3 Å². The van der Waals surface area contributed by atoms with Crippen molar-refractivity contribution in [1.82, 2.24) is 0 Å². The van der Waals surface area contributed by atoms with Crippen LogP contribution in [0, 0.1) is 0 Å². The smallest absolute Gasteiger partial charge is 0.328 e. The lowest BCUT2D eigenvalue weighted by molar-refractivity contribution is 0.363. The van der Waals surface area contributed by atoms with Gasteiger partial charge in [-0.1, -0.05) is 0 Å². The zero-order chi connectivity index (χ0) is 9.50. The quantitative estimate of drug-likeness (QED) is 0.392. The van der Waals surface area contributed by atoms with Crippen molar-refractivity contribution in [3.05, 3.63) is 0 Å². The molecule has 0 aromatic rings. The zero-order valence-electron chi connectivity index (χ0n) is 4.80. The molecule has 0 fully saturated rings. The van der Waals surface area contributed by atoms with Crippen LogP contribution in [0.25, 0.3) is 0 Å². The molecule has 11 heavy (non-hydrogen) atoms. The van der Waals surface area contributed by atoms with E-state index in [0.717, 1.165) is 0 Å². The number of rotatable bonds is 2. The molecule has 68 valence electrons. The van der Waals surface area contributed by atoms with Gasteiger partial charge in [-0.2, -0.15) is 0 Å². The fourth-order valence-corrected chi connectivity index (χ4v) is 4.10. The molecule has 0 unspecified atom stereocenters. The summed E-state index contributed by atoms with van der Waals surface area (Å²) in [6.45, 7) is -5.73. The van der Waals surface area contributed by atoms with Crippen LogP contribution in [-0.4, -0.2) is 24.5 Å². The molecule has 0 heterocycles. The van der Waals surface area contributed by atoms with E-state index in [-0.39, 0.29) is 0 Å². The first-order valence-corrected chi connectivity index (χ1v) is 8.24. The Hall–Kier alpha value is 0.490. The molecule has 0 spiro atoms. The summed E-state index contributed by atoms with van der Waals surface area (Å²) in [7, 11) is -11.3. The maximum absolute atomic E-state index is 10.3. The van der Waals surface area contributed by atoms with Crippen LogP contribution in [0.4, 0.5) is 0 Å². The second-order valence-corrected chi connectivity index (χ2v) is 11.9. The fraction of sp³-hybridized carbons (Fsp3) is 0. The summed E-state index contributed by atoms with van der Waals surface area (Å²) in [5.74, 6) is 0. The summed E-state index contributed by atoms with van der Waals surface area (Å²) in [6, 6.07) is 0. The molecule has 8 nitrogen and oxygen atoms in total. The molecule has 0 amide bonds. The molecule has 0 saturated carbocycles. The van der Waals surface area contributed by atoms with Gasteiger partial charge in [0.2, 0.25) is 0 Å². The van der Waals surface area contributed by atoms with Crippen LogP contribution in [0.2, 0.25) is 0 Å². The van der Waals surface area contributed by atoms with Gasteiger partial charge in [-0.15, -0.1) is 0 Å². The van der Waals surface area contributed by atoms with E-state index in [0.29, 0.717) is 0 Å². The predicted octanol–water partition coefficient (Wildman–Crippen LogP) is -0.558. The fourth-order valence-electron chi connectivity index (χ4n) is 0.152. The zero-order valence-corrected chi connectivity index (χ0v) is 7.49. The van der Waals surface area contributed by atoms with Crippen molar-refractivity contribution in [2.24, 2.45) is 0 Å². The van der Waals surface area contributed by atoms with Gasteiger partial charge in [0.25, 0.3) is 0 Å². The molecule has 0 aliphatic rings. The Morgan fingerprint density at radius 1 is 0.636 bits per heavy atom. The lowest BCUT2D eigenvalue weighted by Crippen LogP contribution is -1.84. The van der Waals surface area contributed by atoms with Crippen LogP contribution in [0.15, 0.2) is 0 Å². The molecular weight excluding hydrogens is 221 g/mol. The molecule has 11 heteroatoms.